The number of rotatable bonds is 5. The molecule has 1 aliphatic heterocycles. The average molecular weight is 363 g/mol. The van der Waals surface area contributed by atoms with Gasteiger partial charge < -0.3 is 10.2 Å². The molecule has 0 saturated carbocycles. The Morgan fingerprint density at radius 3 is 2.67 bits per heavy atom. The fourth-order valence-electron chi connectivity index (χ4n) is 3.57. The smallest absolute Gasteiger partial charge is 0.251 e. The van der Waals surface area contributed by atoms with E-state index in [0.29, 0.717) is 5.56 Å². The Labute approximate surface area is 158 Å². The Hall–Kier alpha value is -3.06. The molecule has 1 amide bonds. The van der Waals surface area contributed by atoms with Crippen LogP contribution in [0.25, 0.3) is 5.69 Å². The summed E-state index contributed by atoms with van der Waals surface area (Å²) in [4.78, 5) is 14.2. The van der Waals surface area contributed by atoms with E-state index in [9.17, 15) is 4.79 Å². The Kier molecular flexibility index (Phi) is 5.20. The van der Waals surface area contributed by atoms with Gasteiger partial charge in [0.25, 0.3) is 5.91 Å². The maximum Gasteiger partial charge on any atom is 0.251 e. The van der Waals surface area contributed by atoms with Crippen LogP contribution in [0.5, 0.6) is 0 Å². The number of quaternary nitrogens is 1. The van der Waals surface area contributed by atoms with Gasteiger partial charge in [0, 0.05) is 30.0 Å². The first-order chi connectivity index (χ1) is 13.3. The monoisotopic (exact) mass is 363 g/mol. The molecule has 0 radical (unpaired) electrons. The van der Waals surface area contributed by atoms with Crippen molar-refractivity contribution in [3.8, 4) is 5.69 Å². The first-order valence-electron chi connectivity index (χ1n) is 9.30. The summed E-state index contributed by atoms with van der Waals surface area (Å²) in [5.41, 5.74) is 2.77. The molecule has 1 fully saturated rings. The molecule has 27 heavy (non-hydrogen) atoms. The fourth-order valence-corrected chi connectivity index (χ4v) is 3.57. The molecular formula is C20H23N6O+. The summed E-state index contributed by atoms with van der Waals surface area (Å²) >= 11 is 0. The van der Waals surface area contributed by atoms with Crippen molar-refractivity contribution in [1.82, 2.24) is 25.5 Å². The molecule has 0 spiro atoms. The molecule has 1 aromatic heterocycles. The lowest BCUT2D eigenvalue weighted by molar-refractivity contribution is -0.918. The van der Waals surface area contributed by atoms with Crippen molar-refractivity contribution >= 4 is 5.91 Å². The molecule has 2 aromatic carbocycles. The van der Waals surface area contributed by atoms with E-state index in [2.05, 4.69) is 51.2 Å². The van der Waals surface area contributed by atoms with Crippen LogP contribution < -0.4 is 10.2 Å². The molecule has 7 heteroatoms. The predicted molar refractivity (Wildman–Crippen MR) is 100 cm³/mol. The maximum absolute atomic E-state index is 12.6. The summed E-state index contributed by atoms with van der Waals surface area (Å²) in [6.45, 7) is 3.20. The highest BCUT2D eigenvalue weighted by molar-refractivity contribution is 5.94. The number of carbonyl (C=O) groups is 1. The Balaban J connectivity index is 1.31. The highest BCUT2D eigenvalue weighted by atomic mass is 16.1. The first kappa shape index (κ1) is 17.4. The van der Waals surface area contributed by atoms with Gasteiger partial charge in [-0.2, -0.15) is 0 Å². The third-order valence-corrected chi connectivity index (χ3v) is 5.05. The number of nitrogens with zero attached hydrogens (tertiary/aromatic N) is 4. The average Bonchev–Trinajstić information content (AvgIpc) is 3.25. The number of tetrazole rings is 1. The molecule has 0 unspecified atom stereocenters. The summed E-state index contributed by atoms with van der Waals surface area (Å²) in [6.07, 6.45) is 3.52. The zero-order chi connectivity index (χ0) is 18.5. The molecule has 7 nitrogen and oxygen atoms in total. The second kappa shape index (κ2) is 8.09. The number of benzene rings is 2. The summed E-state index contributed by atoms with van der Waals surface area (Å²) in [6, 6.07) is 18.2. The van der Waals surface area contributed by atoms with Crippen molar-refractivity contribution in [2.45, 2.75) is 25.4 Å². The maximum atomic E-state index is 12.6. The number of hydrogen-bond donors (Lipinski definition) is 2. The standard InChI is InChI=1S/C20H22N6O/c27-20(17-7-4-8-19(13-17)26-15-21-23-24-26)22-18-9-11-25(12-10-18)14-16-5-2-1-3-6-16/h1-8,13,15,18H,9-12,14H2,(H,22,27)/p+1. The minimum atomic E-state index is -0.0403. The Bertz CT molecular complexity index is 873. The van der Waals surface area contributed by atoms with Gasteiger partial charge in [-0.05, 0) is 28.6 Å². The molecule has 1 saturated heterocycles. The van der Waals surface area contributed by atoms with E-state index in [1.807, 2.05) is 24.3 Å². The molecule has 2 heterocycles. The van der Waals surface area contributed by atoms with Crippen LogP contribution in [-0.2, 0) is 6.54 Å². The SMILES string of the molecule is O=C(NC1CC[NH+](Cc2ccccc2)CC1)c1cccc(-n2cnnn2)c1. The van der Waals surface area contributed by atoms with E-state index in [1.54, 1.807) is 9.58 Å². The number of hydrogen-bond acceptors (Lipinski definition) is 4. The zero-order valence-electron chi connectivity index (χ0n) is 15.1. The van der Waals surface area contributed by atoms with Crippen LogP contribution in [0, 0.1) is 0 Å². The third kappa shape index (κ3) is 4.38. The topological polar surface area (TPSA) is 77.1 Å². The largest absolute Gasteiger partial charge is 0.349 e. The van der Waals surface area contributed by atoms with E-state index in [1.165, 1.54) is 11.9 Å². The summed E-state index contributed by atoms with van der Waals surface area (Å²) in [5, 5.41) is 14.3. The Morgan fingerprint density at radius 1 is 1.11 bits per heavy atom. The summed E-state index contributed by atoms with van der Waals surface area (Å²) < 4.78 is 1.54. The van der Waals surface area contributed by atoms with Crippen molar-refractivity contribution < 1.29 is 9.69 Å². The second-order valence-electron chi connectivity index (χ2n) is 6.96. The Morgan fingerprint density at radius 2 is 1.93 bits per heavy atom. The minimum Gasteiger partial charge on any atom is -0.349 e. The van der Waals surface area contributed by atoms with E-state index in [0.717, 1.165) is 38.2 Å². The van der Waals surface area contributed by atoms with Gasteiger partial charge >= 0.3 is 0 Å². The zero-order valence-corrected chi connectivity index (χ0v) is 15.1. The van der Waals surface area contributed by atoms with Crippen molar-refractivity contribution in [3.63, 3.8) is 0 Å². The second-order valence-corrected chi connectivity index (χ2v) is 6.96. The van der Waals surface area contributed by atoms with Gasteiger partial charge in [-0.3, -0.25) is 4.79 Å². The van der Waals surface area contributed by atoms with Crippen LogP contribution in [0.4, 0.5) is 0 Å². The molecule has 0 aliphatic carbocycles. The van der Waals surface area contributed by atoms with Crippen molar-refractivity contribution in [3.05, 3.63) is 72.1 Å². The lowest BCUT2D eigenvalue weighted by Gasteiger charge is -2.29. The lowest BCUT2D eigenvalue weighted by Crippen LogP contribution is -3.12. The number of aromatic nitrogens is 4. The first-order valence-corrected chi connectivity index (χ1v) is 9.30. The molecule has 1 aliphatic rings. The van der Waals surface area contributed by atoms with E-state index in [4.69, 9.17) is 0 Å². The van der Waals surface area contributed by atoms with E-state index < -0.39 is 0 Å². The number of carbonyl (C=O) groups excluding carboxylic acids is 1. The molecular weight excluding hydrogens is 340 g/mol. The van der Waals surface area contributed by atoms with E-state index in [-0.39, 0.29) is 11.9 Å². The number of likely N-dealkylation sites (tertiary alicyclic amines) is 1. The summed E-state index contributed by atoms with van der Waals surface area (Å²) in [7, 11) is 0. The van der Waals surface area contributed by atoms with Gasteiger partial charge in [0.15, 0.2) is 0 Å². The lowest BCUT2D eigenvalue weighted by atomic mass is 10.0. The van der Waals surface area contributed by atoms with Crippen molar-refractivity contribution in [2.24, 2.45) is 0 Å². The van der Waals surface area contributed by atoms with Gasteiger partial charge in [0.2, 0.25) is 0 Å². The van der Waals surface area contributed by atoms with Crippen LogP contribution in [0.1, 0.15) is 28.8 Å². The van der Waals surface area contributed by atoms with Crippen molar-refractivity contribution in [2.75, 3.05) is 13.1 Å². The van der Waals surface area contributed by atoms with Gasteiger partial charge in [-0.15, -0.1) is 5.10 Å². The molecule has 3 aromatic rings. The third-order valence-electron chi connectivity index (χ3n) is 5.05. The van der Waals surface area contributed by atoms with Gasteiger partial charge in [0.05, 0.1) is 18.8 Å². The molecule has 4 rings (SSSR count). The quantitative estimate of drug-likeness (QED) is 0.697. The van der Waals surface area contributed by atoms with Gasteiger partial charge in [0.1, 0.15) is 12.9 Å². The predicted octanol–water partition coefficient (Wildman–Crippen LogP) is 0.640. The van der Waals surface area contributed by atoms with Crippen LogP contribution in [-0.4, -0.2) is 45.2 Å². The summed E-state index contributed by atoms with van der Waals surface area (Å²) in [5.74, 6) is -0.0403. The highest BCUT2D eigenvalue weighted by Crippen LogP contribution is 2.10. The van der Waals surface area contributed by atoms with Crippen LogP contribution in [0.2, 0.25) is 0 Å². The normalized spacial score (nSPS) is 19.6. The van der Waals surface area contributed by atoms with Crippen molar-refractivity contribution in [1.29, 1.82) is 0 Å². The van der Waals surface area contributed by atoms with Crippen LogP contribution in [0.3, 0.4) is 0 Å². The number of nitrogens with one attached hydrogen (secondary N) is 2. The number of piperidine rings is 1. The minimum absolute atomic E-state index is 0.0403. The van der Waals surface area contributed by atoms with Gasteiger partial charge in [-0.1, -0.05) is 36.4 Å². The number of amides is 1. The van der Waals surface area contributed by atoms with Crippen LogP contribution in [0.15, 0.2) is 60.9 Å². The van der Waals surface area contributed by atoms with Crippen LogP contribution >= 0.6 is 0 Å². The molecule has 2 N–H and O–H groups in total. The molecule has 138 valence electrons. The fraction of sp³-hybridized carbons (Fsp3) is 0.300. The highest BCUT2D eigenvalue weighted by Gasteiger charge is 2.24. The molecule has 0 bridgehead atoms. The molecule has 0 atom stereocenters. The van der Waals surface area contributed by atoms with Gasteiger partial charge in [-0.25, -0.2) is 4.68 Å². The van der Waals surface area contributed by atoms with E-state index >= 15 is 0 Å².